The maximum absolute atomic E-state index is 5.96. The zero-order chi connectivity index (χ0) is 20.2. The molecule has 0 amide bonds. The molecule has 3 heterocycles. The number of benzene rings is 1. The van der Waals surface area contributed by atoms with Crippen molar-refractivity contribution in [2.75, 3.05) is 32.8 Å². The minimum absolute atomic E-state index is 0.416. The molecule has 160 valence electrons. The molecule has 2 aliphatic heterocycles. The first kappa shape index (κ1) is 20.2. The second-order valence-electron chi connectivity index (χ2n) is 9.50. The number of likely N-dealkylation sites (tertiary alicyclic amines) is 1. The molecule has 2 aromatic rings. The summed E-state index contributed by atoms with van der Waals surface area (Å²) >= 11 is 0. The lowest BCUT2D eigenvalue weighted by Crippen LogP contribution is -2.44. The highest BCUT2D eigenvalue weighted by Gasteiger charge is 2.30. The van der Waals surface area contributed by atoms with E-state index in [0.717, 1.165) is 31.7 Å². The summed E-state index contributed by atoms with van der Waals surface area (Å²) in [5.74, 6) is 0.795. The van der Waals surface area contributed by atoms with Gasteiger partial charge >= 0.3 is 0 Å². The third kappa shape index (κ3) is 4.93. The van der Waals surface area contributed by atoms with Gasteiger partial charge in [0.2, 0.25) is 0 Å². The quantitative estimate of drug-likeness (QED) is 0.698. The van der Waals surface area contributed by atoms with Gasteiger partial charge in [-0.05, 0) is 80.3 Å². The number of hydrogen-bond donors (Lipinski definition) is 0. The molecule has 2 fully saturated rings. The summed E-state index contributed by atoms with van der Waals surface area (Å²) in [6, 6.07) is 14.0. The lowest BCUT2D eigenvalue weighted by molar-refractivity contribution is 0.0541. The monoisotopic (exact) mass is 405 g/mol. The van der Waals surface area contributed by atoms with Crippen molar-refractivity contribution in [2.45, 2.75) is 57.2 Å². The number of rotatable bonds is 7. The lowest BCUT2D eigenvalue weighted by Gasteiger charge is -2.38. The summed E-state index contributed by atoms with van der Waals surface area (Å²) in [4.78, 5) is 9.73. The molecule has 1 atom stereocenters. The van der Waals surface area contributed by atoms with E-state index in [1.807, 2.05) is 12.4 Å². The SMILES string of the molecule is c1cncc(CN(CC2CCN(C3Cc4ccccc4C3)CC2)C[C@H]2CCCO2)c1. The van der Waals surface area contributed by atoms with Crippen molar-refractivity contribution in [1.29, 1.82) is 0 Å². The van der Waals surface area contributed by atoms with Crippen LogP contribution in [0.1, 0.15) is 42.4 Å². The summed E-state index contributed by atoms with van der Waals surface area (Å²) in [7, 11) is 0. The Morgan fingerprint density at radius 2 is 1.77 bits per heavy atom. The van der Waals surface area contributed by atoms with Crippen LogP contribution in [0.3, 0.4) is 0 Å². The fraction of sp³-hybridized carbons (Fsp3) is 0.577. The molecule has 1 aliphatic carbocycles. The van der Waals surface area contributed by atoms with Crippen molar-refractivity contribution in [3.05, 3.63) is 65.5 Å². The van der Waals surface area contributed by atoms with Gasteiger partial charge in [0.1, 0.15) is 0 Å². The fourth-order valence-corrected chi connectivity index (χ4v) is 5.69. The van der Waals surface area contributed by atoms with Crippen molar-refractivity contribution >= 4 is 0 Å². The molecule has 5 rings (SSSR count). The van der Waals surface area contributed by atoms with Gasteiger partial charge in [-0.3, -0.25) is 14.8 Å². The van der Waals surface area contributed by atoms with E-state index in [1.54, 1.807) is 11.1 Å². The number of hydrogen-bond acceptors (Lipinski definition) is 4. The molecule has 3 aliphatic rings. The van der Waals surface area contributed by atoms with Crippen LogP contribution in [0, 0.1) is 5.92 Å². The Balaban J connectivity index is 1.15. The molecule has 0 N–H and O–H groups in total. The Kier molecular flexibility index (Phi) is 6.45. The van der Waals surface area contributed by atoms with Gasteiger partial charge in [0, 0.05) is 44.7 Å². The fourth-order valence-electron chi connectivity index (χ4n) is 5.69. The minimum atomic E-state index is 0.416. The van der Waals surface area contributed by atoms with Crippen molar-refractivity contribution in [3.63, 3.8) is 0 Å². The first-order chi connectivity index (χ1) is 14.8. The van der Waals surface area contributed by atoms with Crippen LogP contribution >= 0.6 is 0 Å². The average Bonchev–Trinajstić information content (AvgIpc) is 3.44. The molecule has 4 nitrogen and oxygen atoms in total. The van der Waals surface area contributed by atoms with E-state index in [4.69, 9.17) is 4.74 Å². The predicted octanol–water partition coefficient (Wildman–Crippen LogP) is 3.94. The third-order valence-electron chi connectivity index (χ3n) is 7.33. The van der Waals surface area contributed by atoms with E-state index in [9.17, 15) is 0 Å². The maximum Gasteiger partial charge on any atom is 0.0702 e. The smallest absolute Gasteiger partial charge is 0.0702 e. The van der Waals surface area contributed by atoms with Crippen LogP contribution in [-0.2, 0) is 24.1 Å². The second kappa shape index (κ2) is 9.59. The molecule has 0 saturated carbocycles. The standard InChI is InChI=1S/C26H35N3O/c1-2-7-24-16-25(15-23(24)6-1)29-12-9-21(10-13-29)18-28(20-26-8-4-14-30-26)19-22-5-3-11-27-17-22/h1-3,5-7,11,17,21,25-26H,4,8-10,12-16,18-20H2/t26-/m1/s1. The highest BCUT2D eigenvalue weighted by atomic mass is 16.5. The van der Waals surface area contributed by atoms with E-state index < -0.39 is 0 Å². The molecule has 4 heteroatoms. The van der Waals surface area contributed by atoms with Crippen LogP contribution < -0.4 is 0 Å². The molecular weight excluding hydrogens is 370 g/mol. The Labute approximate surface area is 181 Å². The van der Waals surface area contributed by atoms with Gasteiger partial charge in [-0.15, -0.1) is 0 Å². The highest BCUT2D eigenvalue weighted by molar-refractivity contribution is 5.33. The number of nitrogens with zero attached hydrogens (tertiary/aromatic N) is 3. The Morgan fingerprint density at radius 3 is 2.43 bits per heavy atom. The van der Waals surface area contributed by atoms with E-state index in [0.29, 0.717) is 6.10 Å². The molecule has 0 unspecified atom stereocenters. The Hall–Kier alpha value is -1.75. The minimum Gasteiger partial charge on any atom is -0.377 e. The van der Waals surface area contributed by atoms with Gasteiger partial charge in [-0.25, -0.2) is 0 Å². The van der Waals surface area contributed by atoms with Gasteiger partial charge in [-0.2, -0.15) is 0 Å². The van der Waals surface area contributed by atoms with Crippen molar-refractivity contribution in [1.82, 2.24) is 14.8 Å². The van der Waals surface area contributed by atoms with Gasteiger partial charge in [0.15, 0.2) is 0 Å². The van der Waals surface area contributed by atoms with Crippen LogP contribution in [0.25, 0.3) is 0 Å². The second-order valence-corrected chi connectivity index (χ2v) is 9.50. The summed E-state index contributed by atoms with van der Waals surface area (Å²) in [6.07, 6.45) is 11.9. The summed E-state index contributed by atoms with van der Waals surface area (Å²) in [5.41, 5.74) is 4.46. The normalized spacial score (nSPS) is 23.3. The molecule has 0 radical (unpaired) electrons. The van der Waals surface area contributed by atoms with Crippen molar-refractivity contribution < 1.29 is 4.74 Å². The average molecular weight is 406 g/mol. The van der Waals surface area contributed by atoms with E-state index in [2.05, 4.69) is 51.2 Å². The summed E-state index contributed by atoms with van der Waals surface area (Å²) < 4.78 is 5.96. The first-order valence-electron chi connectivity index (χ1n) is 11.9. The summed E-state index contributed by atoms with van der Waals surface area (Å²) in [5, 5.41) is 0. The summed E-state index contributed by atoms with van der Waals surface area (Å²) in [6.45, 7) is 6.69. The largest absolute Gasteiger partial charge is 0.377 e. The Morgan fingerprint density at radius 1 is 0.967 bits per heavy atom. The molecule has 2 saturated heterocycles. The predicted molar refractivity (Wildman–Crippen MR) is 120 cm³/mol. The van der Waals surface area contributed by atoms with Crippen LogP contribution in [0.2, 0.25) is 0 Å². The molecule has 1 aromatic heterocycles. The zero-order valence-electron chi connectivity index (χ0n) is 18.1. The first-order valence-corrected chi connectivity index (χ1v) is 11.9. The number of piperidine rings is 1. The molecule has 0 spiro atoms. The number of fused-ring (bicyclic) bond motifs is 1. The molecular formula is C26H35N3O. The van der Waals surface area contributed by atoms with E-state index >= 15 is 0 Å². The van der Waals surface area contributed by atoms with Crippen LogP contribution in [0.15, 0.2) is 48.8 Å². The third-order valence-corrected chi connectivity index (χ3v) is 7.33. The van der Waals surface area contributed by atoms with Crippen molar-refractivity contribution in [2.24, 2.45) is 5.92 Å². The Bertz CT molecular complexity index is 772. The van der Waals surface area contributed by atoms with Crippen molar-refractivity contribution in [3.8, 4) is 0 Å². The van der Waals surface area contributed by atoms with Gasteiger partial charge in [-0.1, -0.05) is 30.3 Å². The topological polar surface area (TPSA) is 28.6 Å². The van der Waals surface area contributed by atoms with Crippen LogP contribution in [0.4, 0.5) is 0 Å². The number of pyridine rings is 1. The molecule has 0 bridgehead atoms. The molecule has 1 aromatic carbocycles. The van der Waals surface area contributed by atoms with Gasteiger partial charge in [0.05, 0.1) is 6.10 Å². The number of ether oxygens (including phenoxy) is 1. The van der Waals surface area contributed by atoms with Gasteiger partial charge < -0.3 is 4.74 Å². The maximum atomic E-state index is 5.96. The van der Waals surface area contributed by atoms with E-state index in [1.165, 1.54) is 63.7 Å². The highest BCUT2D eigenvalue weighted by Crippen LogP contribution is 2.29. The van der Waals surface area contributed by atoms with Gasteiger partial charge in [0.25, 0.3) is 0 Å². The number of aromatic nitrogens is 1. The van der Waals surface area contributed by atoms with Crippen LogP contribution in [-0.4, -0.2) is 59.7 Å². The lowest BCUT2D eigenvalue weighted by atomic mass is 9.94. The zero-order valence-corrected chi connectivity index (χ0v) is 18.1. The van der Waals surface area contributed by atoms with E-state index in [-0.39, 0.29) is 0 Å². The van der Waals surface area contributed by atoms with Crippen LogP contribution in [0.5, 0.6) is 0 Å². The molecule has 30 heavy (non-hydrogen) atoms.